The zero-order chi connectivity index (χ0) is 11.4. The summed E-state index contributed by atoms with van der Waals surface area (Å²) in [6, 6.07) is 8.81. The summed E-state index contributed by atoms with van der Waals surface area (Å²) in [5, 5.41) is 0. The lowest BCUT2D eigenvalue weighted by molar-refractivity contribution is 0.227. The summed E-state index contributed by atoms with van der Waals surface area (Å²) < 4.78 is 1.12. The third-order valence-electron chi connectivity index (χ3n) is 2.66. The third kappa shape index (κ3) is 3.30. The summed E-state index contributed by atoms with van der Waals surface area (Å²) in [6.45, 7) is 2.89. The third-order valence-corrected chi connectivity index (χ3v) is 3.15. The second-order valence-corrected chi connectivity index (χ2v) is 5.09. The van der Waals surface area contributed by atoms with E-state index >= 15 is 0 Å². The average Bonchev–Trinajstić information content (AvgIpc) is 2.17. The molecule has 1 aromatic carbocycles. The molecule has 0 aliphatic carbocycles. The molecule has 0 aliphatic heterocycles. The molecule has 0 saturated carbocycles. The van der Waals surface area contributed by atoms with Crippen molar-refractivity contribution in [2.75, 3.05) is 20.6 Å². The molecule has 0 heterocycles. The molecule has 2 N–H and O–H groups in total. The molecule has 0 radical (unpaired) electrons. The van der Waals surface area contributed by atoms with Gasteiger partial charge in [-0.3, -0.25) is 0 Å². The van der Waals surface area contributed by atoms with Crippen molar-refractivity contribution in [3.05, 3.63) is 34.3 Å². The highest BCUT2D eigenvalue weighted by molar-refractivity contribution is 9.10. The minimum atomic E-state index is 0.382. The molecular formula is C12H19BrN2. The lowest BCUT2D eigenvalue weighted by Gasteiger charge is -2.30. The quantitative estimate of drug-likeness (QED) is 0.912. The van der Waals surface area contributed by atoms with Crippen LogP contribution in [0.2, 0.25) is 0 Å². The van der Waals surface area contributed by atoms with Crippen LogP contribution in [0.4, 0.5) is 0 Å². The Morgan fingerprint density at radius 2 is 2.07 bits per heavy atom. The summed E-state index contributed by atoms with van der Waals surface area (Å²) in [5.41, 5.74) is 7.06. The summed E-state index contributed by atoms with van der Waals surface area (Å²) in [6.07, 6.45) is 0. The van der Waals surface area contributed by atoms with E-state index < -0.39 is 0 Å². The fourth-order valence-electron chi connectivity index (χ4n) is 1.96. The molecule has 2 unspecified atom stereocenters. The van der Waals surface area contributed by atoms with E-state index in [0.29, 0.717) is 18.5 Å². The molecule has 1 rings (SSSR count). The zero-order valence-electron chi connectivity index (χ0n) is 9.57. The first-order valence-corrected chi connectivity index (χ1v) is 5.97. The average molecular weight is 271 g/mol. The van der Waals surface area contributed by atoms with E-state index in [1.807, 2.05) is 6.07 Å². The second kappa shape index (κ2) is 5.64. The fraction of sp³-hybridized carbons (Fsp3) is 0.500. The van der Waals surface area contributed by atoms with E-state index in [9.17, 15) is 0 Å². The van der Waals surface area contributed by atoms with Crippen LogP contribution in [0.5, 0.6) is 0 Å². The Hall–Kier alpha value is -0.380. The van der Waals surface area contributed by atoms with Crippen molar-refractivity contribution in [1.29, 1.82) is 0 Å². The molecule has 2 nitrogen and oxygen atoms in total. The number of nitrogens with two attached hydrogens (primary N) is 1. The molecule has 15 heavy (non-hydrogen) atoms. The lowest BCUT2D eigenvalue weighted by atomic mass is 9.94. The predicted molar refractivity (Wildman–Crippen MR) is 68.8 cm³/mol. The summed E-state index contributed by atoms with van der Waals surface area (Å²) in [7, 11) is 4.19. The van der Waals surface area contributed by atoms with E-state index in [1.54, 1.807) is 0 Å². The minimum Gasteiger partial charge on any atom is -0.330 e. The van der Waals surface area contributed by atoms with Gasteiger partial charge in [0.15, 0.2) is 0 Å². The molecule has 3 heteroatoms. The van der Waals surface area contributed by atoms with Gasteiger partial charge in [0.25, 0.3) is 0 Å². The Morgan fingerprint density at radius 3 is 2.53 bits per heavy atom. The second-order valence-electron chi connectivity index (χ2n) is 4.18. The Kier molecular flexibility index (Phi) is 4.77. The molecule has 0 fully saturated rings. The maximum atomic E-state index is 5.75. The highest BCUT2D eigenvalue weighted by atomic mass is 79.9. The van der Waals surface area contributed by atoms with E-state index in [1.165, 1.54) is 5.56 Å². The normalized spacial score (nSPS) is 15.3. The van der Waals surface area contributed by atoms with Gasteiger partial charge in [-0.05, 0) is 44.3 Å². The van der Waals surface area contributed by atoms with Gasteiger partial charge in [-0.25, -0.2) is 0 Å². The van der Waals surface area contributed by atoms with Gasteiger partial charge in [0.05, 0.1) is 0 Å². The first-order chi connectivity index (χ1) is 7.06. The maximum absolute atomic E-state index is 5.75. The molecule has 0 saturated heterocycles. The first-order valence-electron chi connectivity index (χ1n) is 5.18. The SMILES string of the molecule is CC(CN)C(c1cccc(Br)c1)N(C)C. The molecule has 0 aromatic heterocycles. The number of nitrogens with zero attached hydrogens (tertiary/aromatic N) is 1. The van der Waals surface area contributed by atoms with Crippen molar-refractivity contribution in [2.45, 2.75) is 13.0 Å². The van der Waals surface area contributed by atoms with E-state index in [4.69, 9.17) is 5.73 Å². The summed E-state index contributed by atoms with van der Waals surface area (Å²) in [5.74, 6) is 0.453. The molecule has 0 aliphatic rings. The van der Waals surface area contributed by atoms with Crippen molar-refractivity contribution in [2.24, 2.45) is 11.7 Å². The lowest BCUT2D eigenvalue weighted by Crippen LogP contribution is -2.30. The van der Waals surface area contributed by atoms with Gasteiger partial charge in [0.1, 0.15) is 0 Å². The fourth-order valence-corrected chi connectivity index (χ4v) is 2.37. The van der Waals surface area contributed by atoms with Crippen molar-refractivity contribution in [3.8, 4) is 0 Å². The smallest absolute Gasteiger partial charge is 0.0379 e. The van der Waals surface area contributed by atoms with Crippen LogP contribution in [-0.2, 0) is 0 Å². The summed E-state index contributed by atoms with van der Waals surface area (Å²) >= 11 is 3.50. The van der Waals surface area contributed by atoms with Gasteiger partial charge in [-0.2, -0.15) is 0 Å². The van der Waals surface area contributed by atoms with Gasteiger partial charge in [-0.1, -0.05) is 35.0 Å². The molecule has 0 amide bonds. The van der Waals surface area contributed by atoms with Crippen LogP contribution in [-0.4, -0.2) is 25.5 Å². The van der Waals surface area contributed by atoms with Crippen LogP contribution in [0.15, 0.2) is 28.7 Å². The van der Waals surface area contributed by atoms with Gasteiger partial charge in [0, 0.05) is 10.5 Å². The van der Waals surface area contributed by atoms with Crippen LogP contribution >= 0.6 is 15.9 Å². The highest BCUT2D eigenvalue weighted by Gasteiger charge is 2.20. The molecule has 0 bridgehead atoms. The van der Waals surface area contributed by atoms with Crippen molar-refractivity contribution >= 4 is 15.9 Å². The van der Waals surface area contributed by atoms with Crippen molar-refractivity contribution in [3.63, 3.8) is 0 Å². The Balaban J connectivity index is 2.99. The predicted octanol–water partition coefficient (Wildman–Crippen LogP) is 2.65. The minimum absolute atomic E-state index is 0.382. The first kappa shape index (κ1) is 12.7. The molecule has 2 atom stereocenters. The molecule has 0 spiro atoms. The number of halogens is 1. The Bertz CT molecular complexity index is 312. The Morgan fingerprint density at radius 1 is 1.40 bits per heavy atom. The topological polar surface area (TPSA) is 29.3 Å². The van der Waals surface area contributed by atoms with Crippen LogP contribution in [0, 0.1) is 5.92 Å². The summed E-state index contributed by atoms with van der Waals surface area (Å²) in [4.78, 5) is 2.22. The number of benzene rings is 1. The van der Waals surface area contributed by atoms with Crippen molar-refractivity contribution in [1.82, 2.24) is 4.90 Å². The van der Waals surface area contributed by atoms with Crippen LogP contribution in [0.25, 0.3) is 0 Å². The number of hydrogen-bond acceptors (Lipinski definition) is 2. The molecule has 84 valence electrons. The van der Waals surface area contributed by atoms with Gasteiger partial charge in [-0.15, -0.1) is 0 Å². The monoisotopic (exact) mass is 270 g/mol. The molecular weight excluding hydrogens is 252 g/mol. The maximum Gasteiger partial charge on any atom is 0.0379 e. The van der Waals surface area contributed by atoms with E-state index in [0.717, 1.165) is 4.47 Å². The van der Waals surface area contributed by atoms with E-state index in [2.05, 4.69) is 60.0 Å². The van der Waals surface area contributed by atoms with Gasteiger partial charge < -0.3 is 10.6 Å². The number of rotatable bonds is 4. The van der Waals surface area contributed by atoms with Crippen LogP contribution in [0.3, 0.4) is 0 Å². The standard InChI is InChI=1S/C12H19BrN2/c1-9(8-14)12(15(2)3)10-5-4-6-11(13)7-10/h4-7,9,12H,8,14H2,1-3H3. The van der Waals surface area contributed by atoms with E-state index in [-0.39, 0.29) is 0 Å². The largest absolute Gasteiger partial charge is 0.330 e. The number of hydrogen-bond donors (Lipinski definition) is 1. The van der Waals surface area contributed by atoms with Crippen LogP contribution in [0.1, 0.15) is 18.5 Å². The Labute approximate surface area is 101 Å². The highest BCUT2D eigenvalue weighted by Crippen LogP contribution is 2.27. The van der Waals surface area contributed by atoms with Crippen molar-refractivity contribution < 1.29 is 0 Å². The zero-order valence-corrected chi connectivity index (χ0v) is 11.2. The van der Waals surface area contributed by atoms with Crippen LogP contribution < -0.4 is 5.73 Å². The van der Waals surface area contributed by atoms with Gasteiger partial charge in [0.2, 0.25) is 0 Å². The van der Waals surface area contributed by atoms with Gasteiger partial charge >= 0.3 is 0 Å². The molecule has 1 aromatic rings.